The van der Waals surface area contributed by atoms with Gasteiger partial charge in [-0.15, -0.1) is 18.2 Å². The minimum atomic E-state index is -0.203. The molecule has 2 heterocycles. The molecule has 1 aromatic heterocycles. The molecule has 2 unspecified atom stereocenters. The Balaban J connectivity index is 1.79. The molecule has 0 saturated heterocycles. The summed E-state index contributed by atoms with van der Waals surface area (Å²) >= 11 is 1.62. The molecule has 1 amide bonds. The van der Waals surface area contributed by atoms with Crippen molar-refractivity contribution in [1.29, 1.82) is 0 Å². The Kier molecular flexibility index (Phi) is 5.56. The van der Waals surface area contributed by atoms with Crippen molar-refractivity contribution in [2.24, 2.45) is 0 Å². The van der Waals surface area contributed by atoms with Crippen LogP contribution in [0.1, 0.15) is 34.6 Å². The molecule has 30 heavy (non-hydrogen) atoms. The lowest BCUT2D eigenvalue weighted by Crippen LogP contribution is -2.22. The minimum absolute atomic E-state index is 0.0222. The summed E-state index contributed by atoms with van der Waals surface area (Å²) in [7, 11) is 0. The number of aryl methyl sites for hydroxylation is 2. The van der Waals surface area contributed by atoms with Gasteiger partial charge in [-0.1, -0.05) is 35.7 Å². The van der Waals surface area contributed by atoms with Crippen LogP contribution in [0.5, 0.6) is 5.75 Å². The third kappa shape index (κ3) is 3.81. The van der Waals surface area contributed by atoms with Crippen molar-refractivity contribution >= 4 is 23.5 Å². The van der Waals surface area contributed by atoms with Crippen LogP contribution in [-0.4, -0.2) is 27.5 Å². The molecular formula is C24H23N3O2S. The highest BCUT2D eigenvalue weighted by Crippen LogP contribution is 2.46. The van der Waals surface area contributed by atoms with Crippen LogP contribution in [0.3, 0.4) is 0 Å². The molecule has 1 aliphatic heterocycles. The lowest BCUT2D eigenvalue weighted by atomic mass is 10.0. The van der Waals surface area contributed by atoms with Gasteiger partial charge in [0.2, 0.25) is 5.91 Å². The van der Waals surface area contributed by atoms with E-state index in [1.165, 1.54) is 5.56 Å². The molecule has 2 aromatic carbocycles. The molecule has 3 aromatic rings. The van der Waals surface area contributed by atoms with Gasteiger partial charge in [0.05, 0.1) is 21.9 Å². The molecule has 4 rings (SSSR count). The average Bonchev–Trinajstić information content (AvgIpc) is 2.99. The van der Waals surface area contributed by atoms with Crippen molar-refractivity contribution in [3.63, 3.8) is 0 Å². The molecule has 0 aliphatic carbocycles. The highest BCUT2D eigenvalue weighted by Gasteiger charge is 2.34. The largest absolute Gasteiger partial charge is 0.481 e. The standard InChI is InChI=1S/C24H23N3O2S/c1-5-14-29-20-12-8-18(9-13-20)22-21-16(3)26-27(19-10-6-15(2)7-11-19)23(21)25-24(28)17(4)30-22/h1,6-13,17,22H,14H2,2-4H3,(H,25,28). The van der Waals surface area contributed by atoms with Crippen LogP contribution in [0.25, 0.3) is 5.69 Å². The van der Waals surface area contributed by atoms with Gasteiger partial charge in [-0.25, -0.2) is 4.68 Å². The summed E-state index contributed by atoms with van der Waals surface area (Å²) in [6.07, 6.45) is 5.27. The van der Waals surface area contributed by atoms with Crippen LogP contribution in [0, 0.1) is 26.2 Å². The summed E-state index contributed by atoms with van der Waals surface area (Å²) < 4.78 is 7.33. The number of hydrogen-bond acceptors (Lipinski definition) is 4. The average molecular weight is 418 g/mol. The molecule has 0 radical (unpaired) electrons. The summed E-state index contributed by atoms with van der Waals surface area (Å²) in [5.74, 6) is 3.91. The van der Waals surface area contributed by atoms with E-state index >= 15 is 0 Å². The minimum Gasteiger partial charge on any atom is -0.481 e. The van der Waals surface area contributed by atoms with Crippen molar-refractivity contribution in [2.75, 3.05) is 11.9 Å². The highest BCUT2D eigenvalue weighted by atomic mass is 32.2. The van der Waals surface area contributed by atoms with Gasteiger partial charge < -0.3 is 10.1 Å². The number of anilines is 1. The van der Waals surface area contributed by atoms with E-state index in [4.69, 9.17) is 16.3 Å². The van der Waals surface area contributed by atoms with Gasteiger partial charge in [0, 0.05) is 5.56 Å². The van der Waals surface area contributed by atoms with E-state index in [1.807, 2.05) is 74.0 Å². The first-order valence-corrected chi connectivity index (χ1v) is 10.7. The first-order chi connectivity index (χ1) is 14.5. The van der Waals surface area contributed by atoms with E-state index in [1.54, 1.807) is 11.8 Å². The van der Waals surface area contributed by atoms with E-state index in [9.17, 15) is 4.79 Å². The molecule has 0 saturated carbocycles. The number of thioether (sulfide) groups is 1. The van der Waals surface area contributed by atoms with Gasteiger partial charge in [-0.3, -0.25) is 4.79 Å². The van der Waals surface area contributed by atoms with Gasteiger partial charge in [-0.2, -0.15) is 5.10 Å². The summed E-state index contributed by atoms with van der Waals surface area (Å²) in [5, 5.41) is 7.64. The number of carbonyl (C=O) groups excluding carboxylic acids is 1. The Hall–Kier alpha value is -3.17. The van der Waals surface area contributed by atoms with Crippen molar-refractivity contribution in [2.45, 2.75) is 31.3 Å². The van der Waals surface area contributed by atoms with E-state index in [2.05, 4.69) is 11.2 Å². The Bertz CT molecular complexity index is 1110. The van der Waals surface area contributed by atoms with Gasteiger partial charge in [0.15, 0.2) is 0 Å². The normalized spacial score (nSPS) is 18.1. The van der Waals surface area contributed by atoms with E-state index in [0.717, 1.165) is 34.1 Å². The number of amides is 1. The number of nitrogens with zero attached hydrogens (tertiary/aromatic N) is 2. The van der Waals surface area contributed by atoms with Crippen LogP contribution < -0.4 is 10.1 Å². The molecule has 152 valence electrons. The molecule has 1 N–H and O–H groups in total. The molecule has 0 spiro atoms. The molecule has 0 fully saturated rings. The third-order valence-corrected chi connectivity index (χ3v) is 6.51. The molecule has 2 atom stereocenters. The maximum atomic E-state index is 12.8. The monoisotopic (exact) mass is 417 g/mol. The first-order valence-electron chi connectivity index (χ1n) is 9.77. The fraction of sp³-hybridized carbons (Fsp3) is 0.250. The van der Waals surface area contributed by atoms with Crippen LogP contribution in [0.2, 0.25) is 0 Å². The number of terminal acetylenes is 1. The van der Waals surface area contributed by atoms with Crippen molar-refractivity contribution in [1.82, 2.24) is 9.78 Å². The van der Waals surface area contributed by atoms with Crippen LogP contribution in [0.15, 0.2) is 48.5 Å². The van der Waals surface area contributed by atoms with E-state index < -0.39 is 0 Å². The fourth-order valence-corrected chi connectivity index (χ4v) is 4.83. The highest BCUT2D eigenvalue weighted by molar-refractivity contribution is 8.01. The predicted molar refractivity (Wildman–Crippen MR) is 121 cm³/mol. The Morgan fingerprint density at radius 3 is 2.53 bits per heavy atom. The van der Waals surface area contributed by atoms with Crippen molar-refractivity contribution in [3.05, 3.63) is 70.9 Å². The van der Waals surface area contributed by atoms with Gasteiger partial charge in [-0.05, 0) is 50.6 Å². The van der Waals surface area contributed by atoms with Gasteiger partial charge >= 0.3 is 0 Å². The van der Waals surface area contributed by atoms with Crippen LogP contribution >= 0.6 is 11.8 Å². The zero-order valence-corrected chi connectivity index (χ0v) is 18.0. The number of carbonyl (C=O) groups is 1. The summed E-state index contributed by atoms with van der Waals surface area (Å²) in [4.78, 5) is 12.8. The van der Waals surface area contributed by atoms with Gasteiger partial charge in [0.25, 0.3) is 0 Å². The van der Waals surface area contributed by atoms with Crippen LogP contribution in [-0.2, 0) is 4.79 Å². The molecule has 1 aliphatic rings. The number of benzene rings is 2. The fourth-order valence-electron chi connectivity index (χ4n) is 3.51. The van der Waals surface area contributed by atoms with Crippen molar-refractivity contribution in [3.8, 4) is 23.8 Å². The molecule has 0 bridgehead atoms. The summed E-state index contributed by atoms with van der Waals surface area (Å²) in [6.45, 7) is 6.21. The molecule has 6 heteroatoms. The number of hydrogen-bond donors (Lipinski definition) is 1. The predicted octanol–water partition coefficient (Wildman–Crippen LogP) is 4.66. The number of nitrogens with one attached hydrogen (secondary N) is 1. The van der Waals surface area contributed by atoms with E-state index in [-0.39, 0.29) is 23.0 Å². The smallest absolute Gasteiger partial charge is 0.238 e. The second-order valence-corrected chi connectivity index (χ2v) is 8.76. The second kappa shape index (κ2) is 8.29. The third-order valence-electron chi connectivity index (χ3n) is 5.10. The van der Waals surface area contributed by atoms with E-state index in [0.29, 0.717) is 0 Å². The van der Waals surface area contributed by atoms with Crippen molar-refractivity contribution < 1.29 is 9.53 Å². The second-order valence-electron chi connectivity index (χ2n) is 7.30. The summed E-state index contributed by atoms with van der Waals surface area (Å²) in [6, 6.07) is 16.0. The quantitative estimate of drug-likeness (QED) is 0.627. The lowest BCUT2D eigenvalue weighted by molar-refractivity contribution is -0.115. The topological polar surface area (TPSA) is 56.1 Å². The first kappa shape index (κ1) is 20.1. The Morgan fingerprint density at radius 2 is 1.87 bits per heavy atom. The SMILES string of the molecule is C#CCOc1ccc(C2SC(C)C(=O)Nc3c2c(C)nn3-c2ccc(C)cc2)cc1. The number of rotatable bonds is 4. The maximum absolute atomic E-state index is 12.8. The van der Waals surface area contributed by atoms with Gasteiger partial charge in [0.1, 0.15) is 18.2 Å². The van der Waals surface area contributed by atoms with Crippen LogP contribution in [0.4, 0.5) is 5.82 Å². The molecular weight excluding hydrogens is 394 g/mol. The molecule has 5 nitrogen and oxygen atoms in total. The Labute approximate surface area is 180 Å². The zero-order chi connectivity index (χ0) is 21.3. The zero-order valence-electron chi connectivity index (χ0n) is 17.2. The maximum Gasteiger partial charge on any atom is 0.238 e. The Morgan fingerprint density at radius 1 is 1.17 bits per heavy atom. The lowest BCUT2D eigenvalue weighted by Gasteiger charge is -2.18. The number of aromatic nitrogens is 2. The number of fused-ring (bicyclic) bond motifs is 1. The summed E-state index contributed by atoms with van der Waals surface area (Å²) in [5.41, 5.74) is 5.10. The number of ether oxygens (including phenoxy) is 1.